The number of oxime groups is 1. The molecule has 0 amide bonds. The monoisotopic (exact) mass is 293 g/mol. The van der Waals surface area contributed by atoms with Crippen LogP contribution >= 0.6 is 11.6 Å². The lowest BCUT2D eigenvalue weighted by atomic mass is 10.1. The molecule has 2 rings (SSSR count). The van der Waals surface area contributed by atoms with Gasteiger partial charge in [0.25, 0.3) is 0 Å². The van der Waals surface area contributed by atoms with Gasteiger partial charge in [-0.25, -0.2) is 4.39 Å². The highest BCUT2D eigenvalue weighted by Gasteiger charge is 2.03. The van der Waals surface area contributed by atoms with Gasteiger partial charge in [0, 0.05) is 0 Å². The Balaban J connectivity index is 2.02. The van der Waals surface area contributed by atoms with Crippen molar-refractivity contribution in [1.82, 2.24) is 0 Å². The van der Waals surface area contributed by atoms with Gasteiger partial charge in [-0.3, -0.25) is 0 Å². The van der Waals surface area contributed by atoms with Gasteiger partial charge in [-0.05, 0) is 54.4 Å². The fourth-order valence-corrected chi connectivity index (χ4v) is 1.76. The summed E-state index contributed by atoms with van der Waals surface area (Å²) in [6.07, 6.45) is 0. The summed E-state index contributed by atoms with van der Waals surface area (Å²) in [5, 5.41) is 11.9. The second kappa shape index (κ2) is 6.39. The van der Waals surface area contributed by atoms with Crippen molar-refractivity contribution in [1.29, 1.82) is 0 Å². The van der Waals surface area contributed by atoms with Gasteiger partial charge in [0.1, 0.15) is 18.2 Å². The predicted molar refractivity (Wildman–Crippen MR) is 76.2 cm³/mol. The molecule has 0 bridgehead atoms. The Hall–Kier alpha value is -2.07. The maximum Gasteiger partial charge on any atom is 0.142 e. The van der Waals surface area contributed by atoms with Gasteiger partial charge < -0.3 is 9.94 Å². The van der Waals surface area contributed by atoms with Crippen LogP contribution in [0, 0.1) is 5.82 Å². The minimum Gasteiger partial charge on any atom is -0.489 e. The van der Waals surface area contributed by atoms with Crippen LogP contribution in [0.25, 0.3) is 0 Å². The summed E-state index contributed by atoms with van der Waals surface area (Å²) in [7, 11) is 0. The maximum absolute atomic E-state index is 13.3. The smallest absolute Gasteiger partial charge is 0.142 e. The van der Waals surface area contributed by atoms with E-state index in [9.17, 15) is 4.39 Å². The Bertz CT molecular complexity index is 626. The molecule has 0 aromatic heterocycles. The third kappa shape index (κ3) is 3.48. The standard InChI is InChI=1S/C15H13ClFNO2/c1-10(18-19)12-3-5-13(6-4-12)20-9-11-2-7-14(16)15(17)8-11/h2-8,19H,9H2,1H3/b18-10-. The number of halogens is 2. The summed E-state index contributed by atoms with van der Waals surface area (Å²) >= 11 is 5.61. The first-order valence-electron chi connectivity index (χ1n) is 5.96. The zero-order valence-electron chi connectivity index (χ0n) is 10.8. The largest absolute Gasteiger partial charge is 0.489 e. The number of ether oxygens (including phenoxy) is 1. The molecule has 2 aromatic carbocycles. The molecule has 0 atom stereocenters. The van der Waals surface area contributed by atoms with E-state index in [1.807, 2.05) is 0 Å². The van der Waals surface area contributed by atoms with E-state index in [0.717, 1.165) is 5.56 Å². The van der Waals surface area contributed by atoms with Crippen molar-refractivity contribution in [3.63, 3.8) is 0 Å². The Labute approximate surface area is 121 Å². The highest BCUT2D eigenvalue weighted by molar-refractivity contribution is 6.30. The average Bonchev–Trinajstić information content (AvgIpc) is 2.48. The molecule has 0 fully saturated rings. The van der Waals surface area contributed by atoms with Crippen LogP contribution < -0.4 is 4.74 Å². The number of hydrogen-bond acceptors (Lipinski definition) is 3. The van der Waals surface area contributed by atoms with Crippen molar-refractivity contribution in [3.05, 3.63) is 64.4 Å². The predicted octanol–water partition coefficient (Wildman–Crippen LogP) is 4.26. The van der Waals surface area contributed by atoms with Crippen molar-refractivity contribution in [2.45, 2.75) is 13.5 Å². The van der Waals surface area contributed by atoms with Gasteiger partial charge in [0.2, 0.25) is 0 Å². The van der Waals surface area contributed by atoms with Crippen LogP contribution in [0.3, 0.4) is 0 Å². The van der Waals surface area contributed by atoms with Gasteiger partial charge in [0.15, 0.2) is 0 Å². The fourth-order valence-electron chi connectivity index (χ4n) is 1.65. The van der Waals surface area contributed by atoms with E-state index < -0.39 is 5.82 Å². The summed E-state index contributed by atoms with van der Waals surface area (Å²) in [5.41, 5.74) is 2.03. The second-order valence-corrected chi connectivity index (χ2v) is 4.65. The minimum atomic E-state index is -0.460. The molecule has 104 valence electrons. The van der Waals surface area contributed by atoms with Gasteiger partial charge in [0.05, 0.1) is 10.7 Å². The van der Waals surface area contributed by atoms with E-state index in [-0.39, 0.29) is 11.6 Å². The number of hydrogen-bond donors (Lipinski definition) is 1. The molecule has 0 aliphatic heterocycles. The molecule has 1 N–H and O–H groups in total. The Morgan fingerprint density at radius 2 is 1.95 bits per heavy atom. The number of nitrogens with zero attached hydrogens (tertiary/aromatic N) is 1. The van der Waals surface area contributed by atoms with Gasteiger partial charge in [-0.15, -0.1) is 0 Å². The average molecular weight is 294 g/mol. The van der Waals surface area contributed by atoms with E-state index in [0.29, 0.717) is 17.0 Å². The van der Waals surface area contributed by atoms with E-state index in [2.05, 4.69) is 5.16 Å². The summed E-state index contributed by atoms with van der Waals surface area (Å²) in [5.74, 6) is 0.188. The van der Waals surface area contributed by atoms with Gasteiger partial charge in [-0.2, -0.15) is 0 Å². The normalized spacial score (nSPS) is 11.4. The molecule has 0 heterocycles. The van der Waals surface area contributed by atoms with E-state index >= 15 is 0 Å². The van der Waals surface area contributed by atoms with Crippen LogP contribution in [0.1, 0.15) is 18.1 Å². The Morgan fingerprint density at radius 1 is 1.25 bits per heavy atom. The van der Waals surface area contributed by atoms with Crippen LogP contribution in [0.4, 0.5) is 4.39 Å². The molecular weight excluding hydrogens is 281 g/mol. The highest BCUT2D eigenvalue weighted by Crippen LogP contribution is 2.18. The molecule has 5 heteroatoms. The fraction of sp³-hybridized carbons (Fsp3) is 0.133. The Morgan fingerprint density at radius 3 is 2.55 bits per heavy atom. The summed E-state index contributed by atoms with van der Waals surface area (Å²) in [6.45, 7) is 1.95. The summed E-state index contributed by atoms with van der Waals surface area (Å²) < 4.78 is 18.8. The van der Waals surface area contributed by atoms with Crippen molar-refractivity contribution < 1.29 is 14.3 Å². The van der Waals surface area contributed by atoms with Crippen LogP contribution in [0.15, 0.2) is 47.6 Å². The molecule has 0 aliphatic rings. The third-order valence-corrected chi connectivity index (χ3v) is 3.12. The molecule has 3 nitrogen and oxygen atoms in total. The molecule has 0 unspecified atom stereocenters. The second-order valence-electron chi connectivity index (χ2n) is 4.25. The van der Waals surface area contributed by atoms with Crippen molar-refractivity contribution in [2.75, 3.05) is 0 Å². The van der Waals surface area contributed by atoms with Gasteiger partial charge in [-0.1, -0.05) is 22.8 Å². The van der Waals surface area contributed by atoms with Crippen LogP contribution in [-0.2, 0) is 6.61 Å². The molecule has 0 aliphatic carbocycles. The summed E-state index contributed by atoms with van der Waals surface area (Å²) in [4.78, 5) is 0. The molecular formula is C15H13ClFNO2. The van der Waals surface area contributed by atoms with Crippen LogP contribution in [0.5, 0.6) is 5.75 Å². The van der Waals surface area contributed by atoms with E-state index in [4.69, 9.17) is 21.5 Å². The highest BCUT2D eigenvalue weighted by atomic mass is 35.5. The van der Waals surface area contributed by atoms with Crippen LogP contribution in [-0.4, -0.2) is 10.9 Å². The first kappa shape index (κ1) is 14.3. The Kier molecular flexibility index (Phi) is 4.58. The minimum absolute atomic E-state index is 0.0943. The number of rotatable bonds is 4. The molecule has 0 saturated carbocycles. The third-order valence-electron chi connectivity index (χ3n) is 2.81. The van der Waals surface area contributed by atoms with E-state index in [1.54, 1.807) is 37.3 Å². The first-order chi connectivity index (χ1) is 9.60. The SMILES string of the molecule is C/C(=N/O)c1ccc(OCc2ccc(Cl)c(F)c2)cc1. The first-order valence-corrected chi connectivity index (χ1v) is 6.34. The van der Waals surface area contributed by atoms with Crippen LogP contribution in [0.2, 0.25) is 5.02 Å². The topological polar surface area (TPSA) is 41.8 Å². The molecule has 20 heavy (non-hydrogen) atoms. The van der Waals surface area contributed by atoms with Crippen molar-refractivity contribution in [3.8, 4) is 5.75 Å². The molecule has 2 aromatic rings. The lowest BCUT2D eigenvalue weighted by molar-refractivity contribution is 0.305. The quantitative estimate of drug-likeness (QED) is 0.520. The lowest BCUT2D eigenvalue weighted by Gasteiger charge is -2.07. The zero-order valence-corrected chi connectivity index (χ0v) is 11.6. The molecule has 0 spiro atoms. The van der Waals surface area contributed by atoms with Crippen molar-refractivity contribution >= 4 is 17.3 Å². The van der Waals surface area contributed by atoms with E-state index in [1.165, 1.54) is 12.1 Å². The molecule has 0 saturated heterocycles. The lowest BCUT2D eigenvalue weighted by Crippen LogP contribution is -1.98. The van der Waals surface area contributed by atoms with Crippen molar-refractivity contribution in [2.24, 2.45) is 5.16 Å². The maximum atomic E-state index is 13.3. The van der Waals surface area contributed by atoms with Gasteiger partial charge >= 0.3 is 0 Å². The molecule has 0 radical (unpaired) electrons. The number of benzene rings is 2. The zero-order chi connectivity index (χ0) is 14.5. The summed E-state index contributed by atoms with van der Waals surface area (Å²) in [6, 6.07) is 11.6.